The van der Waals surface area contributed by atoms with Crippen molar-refractivity contribution >= 4 is 0 Å². The van der Waals surface area contributed by atoms with Crippen LogP contribution in [0.15, 0.2) is 59.6 Å². The van der Waals surface area contributed by atoms with Crippen LogP contribution in [0.4, 0.5) is 0 Å². The maximum Gasteiger partial charge on any atom is 0.213 e. The molecule has 1 aromatic heterocycles. The molecule has 0 saturated carbocycles. The molecule has 0 aliphatic carbocycles. The van der Waals surface area contributed by atoms with Gasteiger partial charge in [-0.25, -0.2) is 10.1 Å². The Balaban J connectivity index is 1.81. The van der Waals surface area contributed by atoms with Gasteiger partial charge in [0, 0.05) is 12.1 Å². The van der Waals surface area contributed by atoms with Crippen LogP contribution in [-0.4, -0.2) is 32.6 Å². The fraction of sp³-hybridized carbons (Fsp3) is 0.350. The Labute approximate surface area is 163 Å². The zero-order valence-corrected chi connectivity index (χ0v) is 16.1. The maximum absolute atomic E-state index is 9.82. The number of hydrogen-bond acceptors (Lipinski definition) is 7. The quantitative estimate of drug-likeness (QED) is 0.841. The summed E-state index contributed by atoms with van der Waals surface area (Å²) < 4.78 is 7.58. The topological polar surface area (TPSA) is 105 Å². The average Bonchev–Trinajstić information content (AvgIpc) is 3.35. The van der Waals surface area contributed by atoms with Gasteiger partial charge in [0.05, 0.1) is 30.0 Å². The monoisotopic (exact) mass is 377 g/mol. The summed E-state index contributed by atoms with van der Waals surface area (Å²) in [6.07, 6.45) is 3.43. The second-order valence-electron chi connectivity index (χ2n) is 7.22. The van der Waals surface area contributed by atoms with E-state index in [2.05, 4.69) is 35.7 Å². The van der Waals surface area contributed by atoms with E-state index in [1.807, 2.05) is 36.2 Å². The van der Waals surface area contributed by atoms with Crippen LogP contribution in [0.1, 0.15) is 32.3 Å². The van der Waals surface area contributed by atoms with E-state index in [1.165, 1.54) is 0 Å². The molecule has 144 valence electrons. The highest BCUT2D eigenvalue weighted by Crippen LogP contribution is 2.45. The van der Waals surface area contributed by atoms with Crippen LogP contribution in [0, 0.1) is 17.2 Å². The van der Waals surface area contributed by atoms with Crippen LogP contribution in [0.3, 0.4) is 0 Å². The van der Waals surface area contributed by atoms with Gasteiger partial charge in [0.15, 0.2) is 0 Å². The molecule has 1 aromatic carbocycles. The van der Waals surface area contributed by atoms with Gasteiger partial charge in [-0.2, -0.15) is 5.26 Å². The lowest BCUT2D eigenvalue weighted by atomic mass is 9.78. The first-order valence-corrected chi connectivity index (χ1v) is 9.37. The van der Waals surface area contributed by atoms with E-state index in [0.29, 0.717) is 17.4 Å². The highest BCUT2D eigenvalue weighted by molar-refractivity contribution is 5.52. The van der Waals surface area contributed by atoms with Crippen molar-refractivity contribution in [3.05, 3.63) is 65.1 Å². The molecule has 0 spiro atoms. The number of rotatable bonds is 4. The summed E-state index contributed by atoms with van der Waals surface area (Å²) in [6.45, 7) is 7.08. The highest BCUT2D eigenvalue weighted by atomic mass is 16.5. The third kappa shape index (κ3) is 2.80. The number of ether oxygens (including phenoxy) is 1. The first-order chi connectivity index (χ1) is 13.5. The molecule has 8 heteroatoms. The summed E-state index contributed by atoms with van der Waals surface area (Å²) in [7, 11) is 0. The molecule has 3 N–H and O–H groups in total. The molecule has 2 aliphatic rings. The SMILES string of the molecule is CCN1NC(C(C)C)C2=C1OC(N)=C(C#N)C2c1ccc(-n2ccnn2)cc1. The normalized spacial score (nSPS) is 21.8. The van der Waals surface area contributed by atoms with Crippen molar-refractivity contribution in [3.8, 4) is 11.8 Å². The maximum atomic E-state index is 9.82. The number of nitriles is 1. The third-order valence-corrected chi connectivity index (χ3v) is 5.21. The molecule has 0 radical (unpaired) electrons. The van der Waals surface area contributed by atoms with Crippen LogP contribution >= 0.6 is 0 Å². The summed E-state index contributed by atoms with van der Waals surface area (Å²) in [5, 5.41) is 19.7. The van der Waals surface area contributed by atoms with Crippen LogP contribution in [0.5, 0.6) is 0 Å². The Morgan fingerprint density at radius 3 is 2.64 bits per heavy atom. The molecule has 2 unspecified atom stereocenters. The van der Waals surface area contributed by atoms with Crippen molar-refractivity contribution < 1.29 is 4.74 Å². The summed E-state index contributed by atoms with van der Waals surface area (Å²) in [5.41, 5.74) is 13.0. The van der Waals surface area contributed by atoms with E-state index in [1.54, 1.807) is 17.1 Å². The summed E-state index contributed by atoms with van der Waals surface area (Å²) >= 11 is 0. The van der Waals surface area contributed by atoms with Gasteiger partial charge >= 0.3 is 0 Å². The predicted molar refractivity (Wildman–Crippen MR) is 103 cm³/mol. The van der Waals surface area contributed by atoms with E-state index in [-0.39, 0.29) is 17.8 Å². The highest BCUT2D eigenvalue weighted by Gasteiger charge is 2.44. The minimum atomic E-state index is -0.255. The molecule has 2 aromatic rings. The number of nitrogens with one attached hydrogen (secondary N) is 1. The lowest BCUT2D eigenvalue weighted by Crippen LogP contribution is -2.40. The number of aromatic nitrogens is 3. The van der Waals surface area contributed by atoms with Crippen molar-refractivity contribution in [2.75, 3.05) is 6.54 Å². The van der Waals surface area contributed by atoms with Crippen LogP contribution in [0.2, 0.25) is 0 Å². The van der Waals surface area contributed by atoms with Crippen LogP contribution in [-0.2, 0) is 4.74 Å². The number of nitrogens with two attached hydrogens (primary N) is 1. The van der Waals surface area contributed by atoms with Gasteiger partial charge in [0.2, 0.25) is 11.8 Å². The smallest absolute Gasteiger partial charge is 0.213 e. The summed E-state index contributed by atoms with van der Waals surface area (Å²) in [6, 6.07) is 10.3. The summed E-state index contributed by atoms with van der Waals surface area (Å²) in [5.74, 6) is 0.940. The van der Waals surface area contributed by atoms with E-state index in [0.717, 1.165) is 23.4 Å². The van der Waals surface area contributed by atoms with E-state index in [4.69, 9.17) is 10.5 Å². The number of nitrogens with zero attached hydrogens (tertiary/aromatic N) is 5. The van der Waals surface area contributed by atoms with Gasteiger partial charge < -0.3 is 10.5 Å². The fourth-order valence-electron chi connectivity index (χ4n) is 3.83. The molecule has 3 heterocycles. The molecular formula is C20H23N7O. The molecule has 28 heavy (non-hydrogen) atoms. The molecule has 0 bridgehead atoms. The lowest BCUT2D eigenvalue weighted by molar-refractivity contribution is 0.129. The van der Waals surface area contributed by atoms with Gasteiger partial charge in [-0.15, -0.1) is 5.10 Å². The second-order valence-corrected chi connectivity index (χ2v) is 7.22. The Hall–Kier alpha value is -3.31. The number of benzene rings is 1. The van der Waals surface area contributed by atoms with Gasteiger partial charge in [0.1, 0.15) is 11.6 Å². The first kappa shape index (κ1) is 18.1. The molecule has 2 aliphatic heterocycles. The fourth-order valence-corrected chi connectivity index (χ4v) is 3.83. The standard InChI is InChI=1S/C20H23N7O/c1-4-26-20-17(18(24-26)12(2)3)16(15(11-21)19(22)28-20)13-5-7-14(8-6-13)27-10-9-23-25-27/h5-10,12,16,18,24H,4,22H2,1-3H3. The zero-order valence-electron chi connectivity index (χ0n) is 16.1. The van der Waals surface area contributed by atoms with E-state index in [9.17, 15) is 5.26 Å². The van der Waals surface area contributed by atoms with Crippen molar-refractivity contribution in [2.24, 2.45) is 11.7 Å². The minimum Gasteiger partial charge on any atom is -0.423 e. The molecule has 0 saturated heterocycles. The van der Waals surface area contributed by atoms with Gasteiger partial charge in [-0.3, -0.25) is 5.01 Å². The molecule has 8 nitrogen and oxygen atoms in total. The lowest BCUT2D eigenvalue weighted by Gasteiger charge is -2.29. The van der Waals surface area contributed by atoms with Gasteiger partial charge in [0.25, 0.3) is 0 Å². The molecular weight excluding hydrogens is 354 g/mol. The van der Waals surface area contributed by atoms with Crippen molar-refractivity contribution in [3.63, 3.8) is 0 Å². The van der Waals surface area contributed by atoms with Gasteiger partial charge in [-0.05, 0) is 30.5 Å². The number of allylic oxidation sites excluding steroid dienone is 1. The number of hydrogen-bond donors (Lipinski definition) is 2. The van der Waals surface area contributed by atoms with Crippen molar-refractivity contribution in [1.82, 2.24) is 25.4 Å². The van der Waals surface area contributed by atoms with Gasteiger partial charge in [-0.1, -0.05) is 31.2 Å². The van der Waals surface area contributed by atoms with Crippen molar-refractivity contribution in [1.29, 1.82) is 5.26 Å². The Morgan fingerprint density at radius 1 is 1.32 bits per heavy atom. The second kappa shape index (κ2) is 7.02. The first-order valence-electron chi connectivity index (χ1n) is 9.37. The third-order valence-electron chi connectivity index (χ3n) is 5.21. The molecule has 0 amide bonds. The van der Waals surface area contributed by atoms with Crippen LogP contribution in [0.25, 0.3) is 5.69 Å². The Morgan fingerprint density at radius 2 is 2.07 bits per heavy atom. The zero-order chi connectivity index (χ0) is 19.8. The minimum absolute atomic E-state index is 0.0615. The molecule has 4 rings (SSSR count). The van der Waals surface area contributed by atoms with E-state index >= 15 is 0 Å². The Bertz CT molecular complexity index is 967. The predicted octanol–water partition coefficient (Wildman–Crippen LogP) is 2.15. The average molecular weight is 377 g/mol. The number of hydrazine groups is 1. The van der Waals surface area contributed by atoms with Crippen molar-refractivity contribution in [2.45, 2.75) is 32.7 Å². The molecule has 0 fully saturated rings. The largest absolute Gasteiger partial charge is 0.423 e. The van der Waals surface area contributed by atoms with Crippen LogP contribution < -0.4 is 11.2 Å². The molecule has 2 atom stereocenters. The summed E-state index contributed by atoms with van der Waals surface area (Å²) in [4.78, 5) is 0. The Kier molecular flexibility index (Phi) is 4.53. The van der Waals surface area contributed by atoms with E-state index < -0.39 is 0 Å².